The number of piperidine rings is 2. The van der Waals surface area contributed by atoms with Crippen LogP contribution < -0.4 is 10.6 Å². The van der Waals surface area contributed by atoms with Crippen molar-refractivity contribution >= 4 is 24.2 Å². The highest BCUT2D eigenvalue weighted by Crippen LogP contribution is 2.11. The summed E-state index contributed by atoms with van der Waals surface area (Å²) in [6.45, 7) is 4.03. The lowest BCUT2D eigenvalue weighted by Gasteiger charge is -2.27. The number of amides is 2. The topological polar surface area (TPSA) is 61.4 Å². The monoisotopic (exact) mass is 303 g/mol. The lowest BCUT2D eigenvalue weighted by atomic mass is 9.99. The van der Waals surface area contributed by atoms with Gasteiger partial charge in [0, 0.05) is 32.6 Å². The number of nitrogens with zero attached hydrogens (tertiary/aromatic N) is 1. The molecule has 6 heteroatoms. The highest BCUT2D eigenvalue weighted by atomic mass is 35.5. The third kappa shape index (κ3) is 5.29. The molecule has 2 aliphatic rings. The summed E-state index contributed by atoms with van der Waals surface area (Å²) < 4.78 is 0. The van der Waals surface area contributed by atoms with Gasteiger partial charge in [0.1, 0.15) is 0 Å². The van der Waals surface area contributed by atoms with Crippen molar-refractivity contribution in [1.82, 2.24) is 15.5 Å². The van der Waals surface area contributed by atoms with E-state index in [1.165, 1.54) is 6.42 Å². The average Bonchev–Trinajstić information content (AvgIpc) is 2.49. The molecule has 0 aliphatic carbocycles. The van der Waals surface area contributed by atoms with Gasteiger partial charge in [0.25, 0.3) is 0 Å². The summed E-state index contributed by atoms with van der Waals surface area (Å²) >= 11 is 0. The Hall–Kier alpha value is -0.810. The van der Waals surface area contributed by atoms with Crippen molar-refractivity contribution in [2.75, 3.05) is 32.7 Å². The molecule has 0 saturated carbocycles. The Kier molecular flexibility index (Phi) is 7.92. The minimum absolute atomic E-state index is 0. The lowest BCUT2D eigenvalue weighted by molar-refractivity contribution is -0.132. The second kappa shape index (κ2) is 9.19. The Morgan fingerprint density at radius 3 is 2.55 bits per heavy atom. The Morgan fingerprint density at radius 1 is 1.15 bits per heavy atom. The summed E-state index contributed by atoms with van der Waals surface area (Å²) in [5, 5.41) is 6.13. The van der Waals surface area contributed by atoms with Crippen LogP contribution in [0.1, 0.15) is 38.5 Å². The molecule has 2 amide bonds. The molecule has 0 aromatic heterocycles. The second-order valence-electron chi connectivity index (χ2n) is 5.53. The highest BCUT2D eigenvalue weighted by Gasteiger charge is 2.21. The van der Waals surface area contributed by atoms with Crippen molar-refractivity contribution < 1.29 is 9.59 Å². The number of carbonyl (C=O) groups is 2. The van der Waals surface area contributed by atoms with E-state index in [9.17, 15) is 9.59 Å². The van der Waals surface area contributed by atoms with Gasteiger partial charge in [-0.05, 0) is 38.6 Å². The molecular weight excluding hydrogens is 278 g/mol. The van der Waals surface area contributed by atoms with Gasteiger partial charge in [-0.25, -0.2) is 0 Å². The Morgan fingerprint density at radius 2 is 1.90 bits per heavy atom. The third-order valence-corrected chi connectivity index (χ3v) is 4.01. The molecule has 2 saturated heterocycles. The van der Waals surface area contributed by atoms with Gasteiger partial charge < -0.3 is 15.5 Å². The number of hydrogen-bond donors (Lipinski definition) is 2. The van der Waals surface area contributed by atoms with Gasteiger partial charge >= 0.3 is 0 Å². The molecule has 2 aliphatic heterocycles. The van der Waals surface area contributed by atoms with Crippen LogP contribution in [-0.4, -0.2) is 49.4 Å². The summed E-state index contributed by atoms with van der Waals surface area (Å²) in [5.41, 5.74) is 0. The molecule has 0 bridgehead atoms. The molecule has 0 aromatic carbocycles. The maximum Gasteiger partial charge on any atom is 0.224 e. The molecule has 1 atom stereocenters. The molecule has 2 heterocycles. The first-order valence-corrected chi connectivity index (χ1v) is 7.53. The van der Waals surface area contributed by atoms with E-state index in [0.717, 1.165) is 51.9 Å². The molecule has 20 heavy (non-hydrogen) atoms. The van der Waals surface area contributed by atoms with Crippen LogP contribution in [0.3, 0.4) is 0 Å². The van der Waals surface area contributed by atoms with Gasteiger partial charge in [0.05, 0.1) is 5.92 Å². The molecule has 0 aromatic rings. The quantitative estimate of drug-likeness (QED) is 0.812. The third-order valence-electron chi connectivity index (χ3n) is 4.01. The molecule has 1 unspecified atom stereocenters. The Bertz CT molecular complexity index is 284. The molecule has 2 N–H and O–H groups in total. The van der Waals surface area contributed by atoms with Crippen LogP contribution in [0.25, 0.3) is 0 Å². The standard InChI is InChI=1S/C14H25N3O2.ClH/c18-13(17-9-2-1-3-10-17)6-8-16-14(19)12-5-4-7-15-11-12;/h12,15H,1-11H2,(H,16,19);1H. The number of likely N-dealkylation sites (tertiary alicyclic amines) is 1. The zero-order chi connectivity index (χ0) is 13.5. The molecule has 116 valence electrons. The highest BCUT2D eigenvalue weighted by molar-refractivity contribution is 5.85. The summed E-state index contributed by atoms with van der Waals surface area (Å²) in [4.78, 5) is 25.7. The molecule has 0 spiro atoms. The van der Waals surface area contributed by atoms with E-state index in [1.807, 2.05) is 4.90 Å². The van der Waals surface area contributed by atoms with E-state index in [2.05, 4.69) is 10.6 Å². The minimum atomic E-state index is 0. The fraction of sp³-hybridized carbons (Fsp3) is 0.857. The van der Waals surface area contributed by atoms with Crippen molar-refractivity contribution in [1.29, 1.82) is 0 Å². The number of nitrogens with one attached hydrogen (secondary N) is 2. The first kappa shape index (κ1) is 17.2. The first-order chi connectivity index (χ1) is 9.27. The fourth-order valence-electron chi connectivity index (χ4n) is 2.81. The summed E-state index contributed by atoms with van der Waals surface area (Å²) in [7, 11) is 0. The number of hydrogen-bond acceptors (Lipinski definition) is 3. The molecule has 2 fully saturated rings. The predicted octanol–water partition coefficient (Wildman–Crippen LogP) is 0.927. The van der Waals surface area contributed by atoms with E-state index in [0.29, 0.717) is 13.0 Å². The zero-order valence-corrected chi connectivity index (χ0v) is 12.8. The van der Waals surface area contributed by atoms with Crippen molar-refractivity contribution in [2.24, 2.45) is 5.92 Å². The van der Waals surface area contributed by atoms with E-state index < -0.39 is 0 Å². The van der Waals surface area contributed by atoms with Crippen LogP contribution >= 0.6 is 12.4 Å². The molecule has 0 radical (unpaired) electrons. The summed E-state index contributed by atoms with van der Waals surface area (Å²) in [5.74, 6) is 0.360. The van der Waals surface area contributed by atoms with E-state index in [-0.39, 0.29) is 30.1 Å². The van der Waals surface area contributed by atoms with Crippen LogP contribution in [0, 0.1) is 5.92 Å². The largest absolute Gasteiger partial charge is 0.355 e. The van der Waals surface area contributed by atoms with Crippen LogP contribution in [-0.2, 0) is 9.59 Å². The van der Waals surface area contributed by atoms with E-state index in [4.69, 9.17) is 0 Å². The van der Waals surface area contributed by atoms with Crippen molar-refractivity contribution in [3.8, 4) is 0 Å². The number of carbonyl (C=O) groups excluding carboxylic acids is 2. The predicted molar refractivity (Wildman–Crippen MR) is 80.9 cm³/mol. The van der Waals surface area contributed by atoms with E-state index >= 15 is 0 Å². The minimum Gasteiger partial charge on any atom is -0.355 e. The molecular formula is C14H26ClN3O2. The van der Waals surface area contributed by atoms with Crippen LogP contribution in [0.4, 0.5) is 0 Å². The van der Waals surface area contributed by atoms with Gasteiger partial charge in [-0.15, -0.1) is 12.4 Å². The van der Waals surface area contributed by atoms with Crippen molar-refractivity contribution in [2.45, 2.75) is 38.5 Å². The smallest absolute Gasteiger partial charge is 0.224 e. The van der Waals surface area contributed by atoms with Crippen molar-refractivity contribution in [3.63, 3.8) is 0 Å². The normalized spacial score (nSPS) is 22.8. The van der Waals surface area contributed by atoms with Gasteiger partial charge in [-0.3, -0.25) is 9.59 Å². The maximum atomic E-state index is 11.9. The number of rotatable bonds is 4. The van der Waals surface area contributed by atoms with Gasteiger partial charge in [-0.2, -0.15) is 0 Å². The second-order valence-corrected chi connectivity index (χ2v) is 5.53. The number of halogens is 1. The molecule has 2 rings (SSSR count). The van der Waals surface area contributed by atoms with Crippen LogP contribution in [0.15, 0.2) is 0 Å². The van der Waals surface area contributed by atoms with E-state index in [1.54, 1.807) is 0 Å². The van der Waals surface area contributed by atoms with Crippen molar-refractivity contribution in [3.05, 3.63) is 0 Å². The van der Waals surface area contributed by atoms with Crippen LogP contribution in [0.5, 0.6) is 0 Å². The maximum absolute atomic E-state index is 11.9. The van der Waals surface area contributed by atoms with Crippen LogP contribution in [0.2, 0.25) is 0 Å². The summed E-state index contributed by atoms with van der Waals surface area (Å²) in [6, 6.07) is 0. The zero-order valence-electron chi connectivity index (χ0n) is 12.0. The average molecular weight is 304 g/mol. The summed E-state index contributed by atoms with van der Waals surface area (Å²) in [6.07, 6.45) is 5.92. The lowest BCUT2D eigenvalue weighted by Crippen LogP contribution is -2.42. The Labute approximate surface area is 127 Å². The SMILES string of the molecule is Cl.O=C(NCCC(=O)N1CCCCC1)C1CCCNC1. The molecule has 5 nitrogen and oxygen atoms in total. The fourth-order valence-corrected chi connectivity index (χ4v) is 2.81. The Balaban J connectivity index is 0.00000200. The first-order valence-electron chi connectivity index (χ1n) is 7.53. The van der Waals surface area contributed by atoms with Gasteiger partial charge in [0.15, 0.2) is 0 Å². The van der Waals surface area contributed by atoms with Gasteiger partial charge in [0.2, 0.25) is 11.8 Å². The van der Waals surface area contributed by atoms with Gasteiger partial charge in [-0.1, -0.05) is 0 Å².